The Bertz CT molecular complexity index is 789. The summed E-state index contributed by atoms with van der Waals surface area (Å²) in [4.78, 5) is 47.5. The Morgan fingerprint density at radius 2 is 1.54 bits per heavy atom. The van der Waals surface area contributed by atoms with E-state index in [1.807, 2.05) is 7.05 Å². The summed E-state index contributed by atoms with van der Waals surface area (Å²) in [5.74, 6) is 2.13. The van der Waals surface area contributed by atoms with Crippen LogP contribution in [0.2, 0.25) is 0 Å². The normalized spacial score (nSPS) is 13.2. The Labute approximate surface area is 227 Å². The molecule has 0 fully saturated rings. The van der Waals surface area contributed by atoms with Crippen molar-refractivity contribution < 1.29 is 33.4 Å². The summed E-state index contributed by atoms with van der Waals surface area (Å²) >= 11 is 0. The Kier molecular flexibility index (Phi) is 18.1. The molecule has 1 aliphatic heterocycles. The van der Waals surface area contributed by atoms with Gasteiger partial charge < -0.3 is 30.2 Å². The number of amides is 3. The first kappa shape index (κ1) is 33.2. The summed E-state index contributed by atoms with van der Waals surface area (Å²) in [6.45, 7) is 8.38. The molecule has 0 radical (unpaired) electrons. The summed E-state index contributed by atoms with van der Waals surface area (Å²) in [5, 5.41) is 8.68. The van der Waals surface area contributed by atoms with Crippen LogP contribution in [0.25, 0.3) is 0 Å². The Hall–Kier alpha value is -1.86. The summed E-state index contributed by atoms with van der Waals surface area (Å²) in [6.07, 6.45) is 3.19. The molecule has 0 saturated carbocycles. The molecule has 1 rings (SSSR count). The third kappa shape index (κ3) is 16.6. The van der Waals surface area contributed by atoms with Crippen LogP contribution in [0.4, 0.5) is 0 Å². The fourth-order valence-electron chi connectivity index (χ4n) is 2.96. The third-order valence-corrected chi connectivity index (χ3v) is 8.09. The lowest BCUT2D eigenvalue weighted by atomic mass is 10.1. The minimum atomic E-state index is -0.327. The van der Waals surface area contributed by atoms with Crippen LogP contribution in [0.5, 0.6) is 0 Å². The average Bonchev–Trinajstić information content (AvgIpc) is 3.22. The van der Waals surface area contributed by atoms with Crippen molar-refractivity contribution in [2.45, 2.75) is 31.4 Å². The van der Waals surface area contributed by atoms with Gasteiger partial charge in [-0.2, -0.15) is 0 Å². The molecule has 11 nitrogen and oxygen atoms in total. The van der Waals surface area contributed by atoms with Gasteiger partial charge in [-0.15, -0.1) is 0 Å². The van der Waals surface area contributed by atoms with Gasteiger partial charge in [-0.3, -0.25) is 19.3 Å². The van der Waals surface area contributed by atoms with Crippen molar-refractivity contribution in [1.29, 1.82) is 0 Å². The van der Waals surface area contributed by atoms with E-state index in [1.54, 1.807) is 27.5 Å². The van der Waals surface area contributed by atoms with E-state index in [1.165, 1.54) is 17.1 Å². The lowest BCUT2D eigenvalue weighted by molar-refractivity contribution is -0.125. The molecule has 210 valence electrons. The minimum absolute atomic E-state index is 0.0167. The largest absolute Gasteiger partial charge is 0.377 e. The SMILES string of the molecule is CNCCSSC(C)(C)CC(=O)NCCOCCOCCOCCNC(=O)CCN1C(=O)C=CC1=C=O. The van der Waals surface area contributed by atoms with Crippen LogP contribution >= 0.6 is 21.6 Å². The van der Waals surface area contributed by atoms with Crippen LogP contribution in [0.1, 0.15) is 26.7 Å². The highest BCUT2D eigenvalue weighted by atomic mass is 33.1. The van der Waals surface area contributed by atoms with Crippen LogP contribution in [0.3, 0.4) is 0 Å². The summed E-state index contributed by atoms with van der Waals surface area (Å²) in [5.41, 5.74) is 0.137. The van der Waals surface area contributed by atoms with Crippen molar-refractivity contribution in [3.63, 3.8) is 0 Å². The highest BCUT2D eigenvalue weighted by Gasteiger charge is 2.23. The lowest BCUT2D eigenvalue weighted by Crippen LogP contribution is -2.33. The molecule has 37 heavy (non-hydrogen) atoms. The maximum Gasteiger partial charge on any atom is 0.251 e. The molecule has 0 aliphatic carbocycles. The van der Waals surface area contributed by atoms with Crippen molar-refractivity contribution in [1.82, 2.24) is 20.9 Å². The van der Waals surface area contributed by atoms with Gasteiger partial charge in [0.15, 0.2) is 5.94 Å². The quantitative estimate of drug-likeness (QED) is 0.0978. The zero-order valence-corrected chi connectivity index (χ0v) is 23.6. The molecule has 1 aliphatic rings. The number of rotatable bonds is 22. The fraction of sp³-hybridized carbons (Fsp3) is 0.708. The van der Waals surface area contributed by atoms with Gasteiger partial charge in [-0.05, 0) is 27.0 Å². The molecule has 0 unspecified atom stereocenters. The van der Waals surface area contributed by atoms with Gasteiger partial charge in [0.05, 0.1) is 39.6 Å². The van der Waals surface area contributed by atoms with Gasteiger partial charge in [0.1, 0.15) is 5.70 Å². The van der Waals surface area contributed by atoms with Crippen LogP contribution in [-0.2, 0) is 33.4 Å². The Balaban J connectivity index is 1.89. The van der Waals surface area contributed by atoms with Gasteiger partial charge in [0.2, 0.25) is 11.8 Å². The van der Waals surface area contributed by atoms with Crippen LogP contribution < -0.4 is 16.0 Å². The Morgan fingerprint density at radius 1 is 0.946 bits per heavy atom. The number of carbonyl (C=O) groups is 3. The number of hydrogen-bond acceptors (Lipinski definition) is 10. The zero-order valence-electron chi connectivity index (χ0n) is 22.0. The lowest BCUT2D eigenvalue weighted by Gasteiger charge is -2.22. The zero-order chi connectivity index (χ0) is 27.4. The monoisotopic (exact) mass is 560 g/mol. The van der Waals surface area contributed by atoms with Gasteiger partial charge in [-0.25, -0.2) is 4.79 Å². The summed E-state index contributed by atoms with van der Waals surface area (Å²) in [7, 11) is 5.42. The maximum absolute atomic E-state index is 12.1. The second-order valence-electron chi connectivity index (χ2n) is 8.54. The molecule has 0 atom stereocenters. The van der Waals surface area contributed by atoms with E-state index in [9.17, 15) is 19.2 Å². The van der Waals surface area contributed by atoms with Crippen molar-refractivity contribution in [3.8, 4) is 0 Å². The molecule has 0 bridgehead atoms. The number of nitrogens with zero attached hydrogens (tertiary/aromatic N) is 1. The van der Waals surface area contributed by atoms with Gasteiger partial charge in [-0.1, -0.05) is 21.6 Å². The first-order valence-electron chi connectivity index (χ1n) is 12.3. The topological polar surface area (TPSA) is 135 Å². The molecule has 0 saturated heterocycles. The van der Waals surface area contributed by atoms with E-state index in [4.69, 9.17) is 14.2 Å². The molecule has 13 heteroatoms. The van der Waals surface area contributed by atoms with Crippen LogP contribution in [0, 0.1) is 0 Å². The number of ether oxygens (including phenoxy) is 3. The van der Waals surface area contributed by atoms with Crippen molar-refractivity contribution in [3.05, 3.63) is 17.8 Å². The Morgan fingerprint density at radius 3 is 2.14 bits per heavy atom. The highest BCUT2D eigenvalue weighted by Crippen LogP contribution is 2.37. The number of nitrogens with one attached hydrogen (secondary N) is 3. The molecule has 0 aromatic rings. The van der Waals surface area contributed by atoms with E-state index >= 15 is 0 Å². The van der Waals surface area contributed by atoms with Crippen LogP contribution in [-0.4, -0.2) is 112 Å². The number of allylic oxidation sites excluding steroid dienone is 1. The van der Waals surface area contributed by atoms with Crippen molar-refractivity contribution in [2.24, 2.45) is 0 Å². The molecular formula is C24H40N4O7S2. The van der Waals surface area contributed by atoms with Crippen LogP contribution in [0.15, 0.2) is 17.8 Å². The van der Waals surface area contributed by atoms with Crippen molar-refractivity contribution in [2.75, 3.05) is 78.6 Å². The summed E-state index contributed by atoms with van der Waals surface area (Å²) < 4.78 is 16.2. The maximum atomic E-state index is 12.1. The first-order chi connectivity index (χ1) is 17.8. The van der Waals surface area contributed by atoms with Crippen molar-refractivity contribution >= 4 is 45.3 Å². The second-order valence-corrected chi connectivity index (χ2v) is 11.7. The molecule has 0 spiro atoms. The standard InChI is InChI=1S/C24H40N4O7S2/c1-24(2,37-36-17-9-25-3)18-22(31)27-8-12-34-14-16-35-15-13-33-11-7-26-21(30)6-10-28-20(19-29)4-5-23(28)32/h4-5,25H,6-18H2,1-3H3,(H,26,30)(H,27,31). The minimum Gasteiger partial charge on any atom is -0.377 e. The average molecular weight is 561 g/mol. The van der Waals surface area contributed by atoms with Gasteiger partial charge >= 0.3 is 0 Å². The second kappa shape index (κ2) is 20.1. The highest BCUT2D eigenvalue weighted by molar-refractivity contribution is 8.77. The predicted molar refractivity (Wildman–Crippen MR) is 146 cm³/mol. The summed E-state index contributed by atoms with van der Waals surface area (Å²) in [6, 6.07) is 0. The molecule has 0 aromatic heterocycles. The smallest absolute Gasteiger partial charge is 0.251 e. The van der Waals surface area contributed by atoms with E-state index in [0.29, 0.717) is 59.2 Å². The first-order valence-corrected chi connectivity index (χ1v) is 14.6. The molecule has 1 heterocycles. The van der Waals surface area contributed by atoms with E-state index in [0.717, 1.165) is 12.3 Å². The van der Waals surface area contributed by atoms with E-state index in [2.05, 4.69) is 29.8 Å². The number of hydrogen-bond donors (Lipinski definition) is 3. The van der Waals surface area contributed by atoms with E-state index in [-0.39, 0.29) is 41.1 Å². The number of carbonyl (C=O) groups excluding carboxylic acids is 4. The van der Waals surface area contributed by atoms with E-state index < -0.39 is 0 Å². The molecular weight excluding hydrogens is 520 g/mol. The molecule has 0 aromatic carbocycles. The predicted octanol–water partition coefficient (Wildman–Crippen LogP) is 0.542. The van der Waals surface area contributed by atoms with Gasteiger partial charge in [0, 0.05) is 55.6 Å². The fourth-order valence-corrected chi connectivity index (χ4v) is 5.47. The third-order valence-electron chi connectivity index (χ3n) is 4.79. The molecule has 3 amide bonds. The van der Waals surface area contributed by atoms with Gasteiger partial charge in [0.25, 0.3) is 5.91 Å². The molecule has 3 N–H and O–H groups in total.